The summed E-state index contributed by atoms with van der Waals surface area (Å²) in [6.45, 7) is 1.99. The molecule has 2 heterocycles. The maximum Gasteiger partial charge on any atom is 0.269 e. The second-order valence-electron chi connectivity index (χ2n) is 5.80. The summed E-state index contributed by atoms with van der Waals surface area (Å²) < 4.78 is 6.73. The number of nitrogens with zero attached hydrogens (tertiary/aromatic N) is 4. The summed E-state index contributed by atoms with van der Waals surface area (Å²) in [6, 6.07) is 14.2. The molecule has 136 valence electrons. The average Bonchev–Trinajstić information content (AvgIpc) is 3.18. The molecular weight excluding hydrogens is 384 g/mol. The first-order valence-corrected chi connectivity index (χ1v) is 10.0. The van der Waals surface area contributed by atoms with Crippen molar-refractivity contribution >= 4 is 39.3 Å². The van der Waals surface area contributed by atoms with Gasteiger partial charge in [-0.2, -0.15) is 0 Å². The molecule has 0 fully saturated rings. The van der Waals surface area contributed by atoms with E-state index in [9.17, 15) is 10.1 Å². The zero-order valence-electron chi connectivity index (χ0n) is 14.2. The summed E-state index contributed by atoms with van der Waals surface area (Å²) in [7, 11) is 0. The monoisotopic (exact) mass is 398 g/mol. The second-order valence-corrected chi connectivity index (χ2v) is 8.36. The van der Waals surface area contributed by atoms with Gasteiger partial charge in [-0.1, -0.05) is 41.7 Å². The average molecular weight is 398 g/mol. The Hall–Kier alpha value is -2.65. The van der Waals surface area contributed by atoms with E-state index in [4.69, 9.17) is 9.41 Å². The number of hydrogen-bond acceptors (Lipinski definition) is 8. The number of fused-ring (bicyclic) bond motifs is 1. The topological polar surface area (TPSA) is 94.4 Å². The number of hydrogen-bond donors (Lipinski definition) is 0. The Morgan fingerprint density at radius 3 is 2.74 bits per heavy atom. The van der Waals surface area contributed by atoms with Gasteiger partial charge in [0, 0.05) is 23.4 Å². The lowest BCUT2D eigenvalue weighted by Crippen LogP contribution is -1.99. The van der Waals surface area contributed by atoms with E-state index in [1.165, 1.54) is 17.7 Å². The smallest absolute Gasteiger partial charge is 0.269 e. The van der Waals surface area contributed by atoms with E-state index >= 15 is 0 Å². The van der Waals surface area contributed by atoms with Crippen LogP contribution in [-0.4, -0.2) is 19.5 Å². The zero-order chi connectivity index (χ0) is 18.8. The summed E-state index contributed by atoms with van der Waals surface area (Å²) in [5.74, 6) is 1.73. The Kier molecular flexibility index (Phi) is 4.95. The molecule has 0 unspecified atom stereocenters. The lowest BCUT2D eigenvalue weighted by Gasteiger charge is -2.15. The highest BCUT2D eigenvalue weighted by molar-refractivity contribution is 8.38. The van der Waals surface area contributed by atoms with Crippen LogP contribution >= 0.6 is 23.5 Å². The molecule has 2 aromatic carbocycles. The van der Waals surface area contributed by atoms with Crippen molar-refractivity contribution < 1.29 is 9.34 Å². The number of non-ortho nitro benzene ring substituents is 1. The van der Waals surface area contributed by atoms with Gasteiger partial charge in [-0.25, -0.2) is 4.99 Å². The van der Waals surface area contributed by atoms with Gasteiger partial charge in [0.15, 0.2) is 0 Å². The first-order chi connectivity index (χ1) is 13.1. The van der Waals surface area contributed by atoms with Crippen LogP contribution in [-0.2, 0) is 5.75 Å². The van der Waals surface area contributed by atoms with Crippen molar-refractivity contribution in [2.24, 2.45) is 4.99 Å². The molecule has 0 N–H and O–H groups in total. The summed E-state index contributed by atoms with van der Waals surface area (Å²) in [5, 5.41) is 18.9. The number of aromatic nitrogens is 2. The van der Waals surface area contributed by atoms with Crippen LogP contribution in [0.5, 0.6) is 0 Å². The van der Waals surface area contributed by atoms with Crippen LogP contribution in [0.3, 0.4) is 0 Å². The maximum atomic E-state index is 10.7. The molecule has 1 atom stereocenters. The molecule has 1 aliphatic rings. The molecule has 0 saturated carbocycles. The molecule has 4 rings (SSSR count). The van der Waals surface area contributed by atoms with Crippen molar-refractivity contribution in [3.63, 3.8) is 0 Å². The van der Waals surface area contributed by atoms with Gasteiger partial charge in [-0.15, -0.1) is 10.2 Å². The fourth-order valence-corrected chi connectivity index (χ4v) is 4.73. The highest BCUT2D eigenvalue weighted by Gasteiger charge is 2.21. The van der Waals surface area contributed by atoms with Crippen LogP contribution in [0.15, 0.2) is 57.9 Å². The van der Waals surface area contributed by atoms with Gasteiger partial charge in [0.1, 0.15) is 4.38 Å². The molecule has 0 saturated heterocycles. The van der Waals surface area contributed by atoms with E-state index in [1.807, 2.05) is 25.1 Å². The number of para-hydroxylation sites is 1. The third kappa shape index (κ3) is 3.88. The van der Waals surface area contributed by atoms with E-state index in [0.29, 0.717) is 17.3 Å². The number of nitro groups is 1. The van der Waals surface area contributed by atoms with Crippen LogP contribution in [0.25, 0.3) is 11.5 Å². The van der Waals surface area contributed by atoms with Gasteiger partial charge < -0.3 is 4.42 Å². The first-order valence-electron chi connectivity index (χ1n) is 8.14. The Morgan fingerprint density at radius 1 is 1.19 bits per heavy atom. The van der Waals surface area contributed by atoms with Gasteiger partial charge in [0.25, 0.3) is 5.69 Å². The molecule has 0 aliphatic carbocycles. The Morgan fingerprint density at radius 2 is 1.96 bits per heavy atom. The zero-order valence-corrected chi connectivity index (χ0v) is 15.9. The molecule has 1 aliphatic heterocycles. The van der Waals surface area contributed by atoms with E-state index in [0.717, 1.165) is 15.8 Å². The van der Waals surface area contributed by atoms with Crippen LogP contribution in [0.1, 0.15) is 23.6 Å². The Bertz CT molecular complexity index is 1020. The number of benzene rings is 2. The van der Waals surface area contributed by atoms with Crippen LogP contribution in [0, 0.1) is 10.1 Å². The van der Waals surface area contributed by atoms with Gasteiger partial charge in [-0.3, -0.25) is 10.1 Å². The Balaban J connectivity index is 1.48. The summed E-state index contributed by atoms with van der Waals surface area (Å²) in [5.41, 5.74) is 2.91. The quantitative estimate of drug-likeness (QED) is 0.430. The number of aliphatic imine (C=N–C) groups is 1. The SMILES string of the molecule is C[C@@H](SC1=Nc2ccccc2CS1)c1nnc(-c2ccc([N+](=O)[O-])cc2)o1. The van der Waals surface area contributed by atoms with Gasteiger partial charge in [0.05, 0.1) is 15.9 Å². The minimum Gasteiger partial charge on any atom is -0.419 e. The fourth-order valence-electron chi connectivity index (χ4n) is 2.52. The van der Waals surface area contributed by atoms with Crippen molar-refractivity contribution in [2.45, 2.75) is 17.9 Å². The maximum absolute atomic E-state index is 10.7. The van der Waals surface area contributed by atoms with E-state index in [-0.39, 0.29) is 10.9 Å². The van der Waals surface area contributed by atoms with E-state index < -0.39 is 4.92 Å². The summed E-state index contributed by atoms with van der Waals surface area (Å²) >= 11 is 3.28. The fraction of sp³-hybridized carbons (Fsp3) is 0.167. The predicted molar refractivity (Wildman–Crippen MR) is 107 cm³/mol. The summed E-state index contributed by atoms with van der Waals surface area (Å²) in [4.78, 5) is 15.0. The van der Waals surface area contributed by atoms with E-state index in [2.05, 4.69) is 16.3 Å². The molecule has 9 heteroatoms. The van der Waals surface area contributed by atoms with Gasteiger partial charge in [-0.05, 0) is 30.7 Å². The highest BCUT2D eigenvalue weighted by atomic mass is 32.2. The van der Waals surface area contributed by atoms with Gasteiger partial charge in [0.2, 0.25) is 11.8 Å². The minimum absolute atomic E-state index is 0.0232. The van der Waals surface area contributed by atoms with Gasteiger partial charge >= 0.3 is 0 Å². The lowest BCUT2D eigenvalue weighted by atomic mass is 10.2. The first kappa shape index (κ1) is 17.7. The van der Waals surface area contributed by atoms with Crippen LogP contribution in [0.2, 0.25) is 0 Å². The van der Waals surface area contributed by atoms with Crippen molar-refractivity contribution in [3.05, 3.63) is 70.1 Å². The van der Waals surface area contributed by atoms with Crippen molar-refractivity contribution in [1.29, 1.82) is 0 Å². The molecule has 0 radical (unpaired) electrons. The molecule has 1 aromatic heterocycles. The third-order valence-corrected chi connectivity index (χ3v) is 6.23. The number of thioether (sulfide) groups is 2. The van der Waals surface area contributed by atoms with Crippen LogP contribution in [0.4, 0.5) is 11.4 Å². The summed E-state index contributed by atoms with van der Waals surface area (Å²) in [6.07, 6.45) is 0. The Labute approximate surface area is 163 Å². The molecule has 7 nitrogen and oxygen atoms in total. The van der Waals surface area contributed by atoms with Crippen molar-refractivity contribution in [3.8, 4) is 11.5 Å². The second kappa shape index (κ2) is 7.53. The standard InChI is InChI=1S/C18H14N4O3S2/c1-11(27-18-19-15-5-3-2-4-13(15)10-26-18)16-20-21-17(25-16)12-6-8-14(9-7-12)22(23)24/h2-9,11H,10H2,1H3/t11-/m1/s1. The molecule has 0 amide bonds. The number of rotatable bonds is 4. The lowest BCUT2D eigenvalue weighted by molar-refractivity contribution is -0.384. The molecule has 0 bridgehead atoms. The molecule has 3 aromatic rings. The van der Waals surface area contributed by atoms with Crippen molar-refractivity contribution in [2.75, 3.05) is 0 Å². The van der Waals surface area contributed by atoms with Crippen LogP contribution < -0.4 is 0 Å². The largest absolute Gasteiger partial charge is 0.419 e. The predicted octanol–water partition coefficient (Wildman–Crippen LogP) is 5.37. The minimum atomic E-state index is -0.442. The third-order valence-electron chi connectivity index (χ3n) is 3.95. The normalized spacial score (nSPS) is 14.3. The van der Waals surface area contributed by atoms with E-state index in [1.54, 1.807) is 35.7 Å². The molecular formula is C18H14N4O3S2. The molecule has 0 spiro atoms. The molecule has 27 heavy (non-hydrogen) atoms. The van der Waals surface area contributed by atoms with Crippen molar-refractivity contribution in [1.82, 2.24) is 10.2 Å². The highest BCUT2D eigenvalue weighted by Crippen LogP contribution is 2.40. The number of nitro benzene ring substituents is 1.